The molecule has 88 valence electrons. The lowest BCUT2D eigenvalue weighted by Gasteiger charge is -2.22. The van der Waals surface area contributed by atoms with Gasteiger partial charge in [0.15, 0.2) is 11.5 Å². The van der Waals surface area contributed by atoms with Crippen LogP contribution in [-0.2, 0) is 6.42 Å². The van der Waals surface area contributed by atoms with Gasteiger partial charge in [0.05, 0.1) is 0 Å². The summed E-state index contributed by atoms with van der Waals surface area (Å²) in [6, 6.07) is 6.25. The van der Waals surface area contributed by atoms with Gasteiger partial charge in [-0.1, -0.05) is 33.3 Å². The molecule has 0 amide bonds. The predicted octanol–water partition coefficient (Wildman–Crippen LogP) is 3.78. The monoisotopic (exact) mass is 220 g/mol. The van der Waals surface area contributed by atoms with Crippen LogP contribution in [0.25, 0.3) is 0 Å². The van der Waals surface area contributed by atoms with Crippen LogP contribution in [0.2, 0.25) is 0 Å². The molecule has 0 radical (unpaired) electrons. The van der Waals surface area contributed by atoms with Crippen LogP contribution >= 0.6 is 0 Å². The summed E-state index contributed by atoms with van der Waals surface area (Å²) in [6.45, 7) is 7.25. The third kappa shape index (κ3) is 2.49. The minimum absolute atomic E-state index is 0.360. The van der Waals surface area contributed by atoms with Crippen molar-refractivity contribution in [2.75, 3.05) is 6.79 Å². The first-order chi connectivity index (χ1) is 7.61. The standard InChI is InChI=1S/C14H20O2/c1-4-14(2,3)8-7-11-5-6-12-13(9-11)16-10-15-12/h5-6,9H,4,7-8,10H2,1-3H3. The highest BCUT2D eigenvalue weighted by Gasteiger charge is 2.17. The van der Waals surface area contributed by atoms with Gasteiger partial charge in [0, 0.05) is 0 Å². The van der Waals surface area contributed by atoms with Gasteiger partial charge in [-0.3, -0.25) is 0 Å². The van der Waals surface area contributed by atoms with Gasteiger partial charge < -0.3 is 9.47 Å². The van der Waals surface area contributed by atoms with Crippen LogP contribution < -0.4 is 9.47 Å². The fourth-order valence-electron chi connectivity index (χ4n) is 1.76. The number of rotatable bonds is 4. The van der Waals surface area contributed by atoms with Gasteiger partial charge in [-0.05, 0) is 36.0 Å². The van der Waals surface area contributed by atoms with E-state index in [0.717, 1.165) is 17.9 Å². The third-order valence-electron chi connectivity index (χ3n) is 3.48. The Kier molecular flexibility index (Phi) is 3.08. The molecule has 1 aromatic carbocycles. The summed E-state index contributed by atoms with van der Waals surface area (Å²) >= 11 is 0. The van der Waals surface area contributed by atoms with Crippen molar-refractivity contribution in [3.8, 4) is 11.5 Å². The molecule has 0 aliphatic carbocycles. The average molecular weight is 220 g/mol. The zero-order valence-corrected chi connectivity index (χ0v) is 10.4. The van der Waals surface area contributed by atoms with Crippen molar-refractivity contribution in [2.45, 2.75) is 40.0 Å². The van der Waals surface area contributed by atoms with Crippen LogP contribution in [0.15, 0.2) is 18.2 Å². The van der Waals surface area contributed by atoms with Crippen LogP contribution in [-0.4, -0.2) is 6.79 Å². The molecular formula is C14H20O2. The molecule has 0 unspecified atom stereocenters. The summed E-state index contributed by atoms with van der Waals surface area (Å²) in [6.07, 6.45) is 3.54. The summed E-state index contributed by atoms with van der Waals surface area (Å²) in [5.74, 6) is 1.77. The molecule has 1 aromatic rings. The van der Waals surface area contributed by atoms with Crippen molar-refractivity contribution in [3.05, 3.63) is 23.8 Å². The van der Waals surface area contributed by atoms with Crippen molar-refractivity contribution in [1.82, 2.24) is 0 Å². The number of hydrogen-bond donors (Lipinski definition) is 0. The molecule has 0 bridgehead atoms. The Balaban J connectivity index is 2.00. The maximum atomic E-state index is 5.38. The Morgan fingerprint density at radius 3 is 2.69 bits per heavy atom. The number of fused-ring (bicyclic) bond motifs is 1. The lowest BCUT2D eigenvalue weighted by atomic mass is 9.84. The van der Waals surface area contributed by atoms with Gasteiger partial charge in [-0.2, -0.15) is 0 Å². The van der Waals surface area contributed by atoms with E-state index in [2.05, 4.69) is 32.9 Å². The van der Waals surface area contributed by atoms with E-state index in [9.17, 15) is 0 Å². The lowest BCUT2D eigenvalue weighted by Crippen LogP contribution is -2.10. The second-order valence-electron chi connectivity index (χ2n) is 5.21. The first-order valence-electron chi connectivity index (χ1n) is 5.99. The van der Waals surface area contributed by atoms with Gasteiger partial charge >= 0.3 is 0 Å². The second-order valence-corrected chi connectivity index (χ2v) is 5.21. The lowest BCUT2D eigenvalue weighted by molar-refractivity contribution is 0.174. The second kappa shape index (κ2) is 4.36. The van der Waals surface area contributed by atoms with E-state index in [-0.39, 0.29) is 0 Å². The summed E-state index contributed by atoms with van der Waals surface area (Å²) in [5.41, 5.74) is 1.77. The van der Waals surface area contributed by atoms with Gasteiger partial charge in [-0.25, -0.2) is 0 Å². The Morgan fingerprint density at radius 1 is 1.19 bits per heavy atom. The van der Waals surface area contributed by atoms with E-state index in [1.807, 2.05) is 6.07 Å². The zero-order chi connectivity index (χ0) is 11.6. The zero-order valence-electron chi connectivity index (χ0n) is 10.4. The molecule has 0 saturated heterocycles. The quantitative estimate of drug-likeness (QED) is 0.768. The summed E-state index contributed by atoms with van der Waals surface area (Å²) in [7, 11) is 0. The summed E-state index contributed by atoms with van der Waals surface area (Å²) < 4.78 is 10.7. The molecule has 0 spiro atoms. The number of aryl methyl sites for hydroxylation is 1. The molecule has 2 rings (SSSR count). The van der Waals surface area contributed by atoms with Crippen LogP contribution in [0, 0.1) is 5.41 Å². The molecule has 16 heavy (non-hydrogen) atoms. The molecule has 0 N–H and O–H groups in total. The van der Waals surface area contributed by atoms with Gasteiger partial charge in [-0.15, -0.1) is 0 Å². The maximum absolute atomic E-state index is 5.38. The smallest absolute Gasteiger partial charge is 0.231 e. The van der Waals surface area contributed by atoms with Crippen molar-refractivity contribution in [2.24, 2.45) is 5.41 Å². The largest absolute Gasteiger partial charge is 0.454 e. The number of benzene rings is 1. The van der Waals surface area contributed by atoms with Crippen molar-refractivity contribution in [1.29, 1.82) is 0 Å². The molecular weight excluding hydrogens is 200 g/mol. The fraction of sp³-hybridized carbons (Fsp3) is 0.571. The van der Waals surface area contributed by atoms with E-state index in [4.69, 9.17) is 9.47 Å². The van der Waals surface area contributed by atoms with E-state index < -0.39 is 0 Å². The fourth-order valence-corrected chi connectivity index (χ4v) is 1.76. The molecule has 0 fully saturated rings. The Bertz CT molecular complexity index is 369. The van der Waals surface area contributed by atoms with Crippen molar-refractivity contribution < 1.29 is 9.47 Å². The first-order valence-corrected chi connectivity index (χ1v) is 5.99. The van der Waals surface area contributed by atoms with Gasteiger partial charge in [0.25, 0.3) is 0 Å². The summed E-state index contributed by atoms with van der Waals surface area (Å²) in [5, 5.41) is 0. The Hall–Kier alpha value is -1.18. The van der Waals surface area contributed by atoms with Crippen LogP contribution in [0.4, 0.5) is 0 Å². The number of hydrogen-bond acceptors (Lipinski definition) is 2. The molecule has 1 aliphatic heterocycles. The normalized spacial score (nSPS) is 14.2. The molecule has 0 saturated carbocycles. The molecule has 2 nitrogen and oxygen atoms in total. The minimum Gasteiger partial charge on any atom is -0.454 e. The summed E-state index contributed by atoms with van der Waals surface area (Å²) in [4.78, 5) is 0. The Labute approximate surface area is 97.6 Å². The van der Waals surface area contributed by atoms with E-state index in [1.54, 1.807) is 0 Å². The predicted molar refractivity (Wildman–Crippen MR) is 65.0 cm³/mol. The average Bonchev–Trinajstić information content (AvgIpc) is 2.73. The Morgan fingerprint density at radius 2 is 1.94 bits per heavy atom. The van der Waals surface area contributed by atoms with E-state index in [0.29, 0.717) is 12.2 Å². The first kappa shape index (κ1) is 11.3. The maximum Gasteiger partial charge on any atom is 0.231 e. The molecule has 2 heteroatoms. The van der Waals surface area contributed by atoms with E-state index >= 15 is 0 Å². The highest BCUT2D eigenvalue weighted by atomic mass is 16.7. The molecule has 0 aromatic heterocycles. The SMILES string of the molecule is CCC(C)(C)CCc1ccc2c(c1)OCO2. The van der Waals surface area contributed by atoms with Gasteiger partial charge in [0.1, 0.15) is 0 Å². The van der Waals surface area contributed by atoms with Crippen LogP contribution in [0.5, 0.6) is 11.5 Å². The van der Waals surface area contributed by atoms with Gasteiger partial charge in [0.2, 0.25) is 6.79 Å². The van der Waals surface area contributed by atoms with Crippen LogP contribution in [0.3, 0.4) is 0 Å². The van der Waals surface area contributed by atoms with Crippen molar-refractivity contribution in [3.63, 3.8) is 0 Å². The van der Waals surface area contributed by atoms with Crippen molar-refractivity contribution >= 4 is 0 Å². The minimum atomic E-state index is 0.360. The molecule has 1 aliphatic rings. The topological polar surface area (TPSA) is 18.5 Å². The van der Waals surface area contributed by atoms with Crippen LogP contribution in [0.1, 0.15) is 39.2 Å². The highest BCUT2D eigenvalue weighted by Crippen LogP contribution is 2.34. The molecule has 0 atom stereocenters. The highest BCUT2D eigenvalue weighted by molar-refractivity contribution is 5.44. The molecule has 1 heterocycles. The van der Waals surface area contributed by atoms with E-state index in [1.165, 1.54) is 18.4 Å². The number of ether oxygens (including phenoxy) is 2. The third-order valence-corrected chi connectivity index (χ3v) is 3.48.